The highest BCUT2D eigenvalue weighted by atomic mass is 79.9. The summed E-state index contributed by atoms with van der Waals surface area (Å²) >= 11 is 3.35. The average molecular weight is 280 g/mol. The molecule has 2 heterocycles. The van der Waals surface area contributed by atoms with Gasteiger partial charge in [0.05, 0.1) is 12.8 Å². The number of hydrogen-bond donors (Lipinski definition) is 0. The second-order valence-corrected chi connectivity index (χ2v) is 4.02. The maximum Gasteiger partial charge on any atom is 0.213 e. The van der Waals surface area contributed by atoms with Crippen LogP contribution in [0, 0.1) is 6.92 Å². The molecule has 2 aromatic rings. The predicted octanol–water partition coefficient (Wildman–Crippen LogP) is 2.62. The summed E-state index contributed by atoms with van der Waals surface area (Å²) in [6.45, 7) is 1.85. The van der Waals surface area contributed by atoms with Crippen LogP contribution in [-0.4, -0.2) is 22.1 Å². The minimum Gasteiger partial charge on any atom is -0.481 e. The Morgan fingerprint density at radius 3 is 2.75 bits per heavy atom. The highest BCUT2D eigenvalue weighted by molar-refractivity contribution is 9.10. The molecule has 0 radical (unpaired) electrons. The maximum atomic E-state index is 5.07. The van der Waals surface area contributed by atoms with E-state index in [0.717, 1.165) is 21.7 Å². The Morgan fingerprint density at radius 2 is 2.06 bits per heavy atom. The lowest BCUT2D eigenvalue weighted by Crippen LogP contribution is -1.93. The third-order valence-electron chi connectivity index (χ3n) is 2.05. The van der Waals surface area contributed by atoms with Crippen molar-refractivity contribution >= 4 is 15.9 Å². The van der Waals surface area contributed by atoms with Gasteiger partial charge in [0.15, 0.2) is 0 Å². The lowest BCUT2D eigenvalue weighted by atomic mass is 10.2. The third kappa shape index (κ3) is 2.36. The molecule has 0 fully saturated rings. The summed E-state index contributed by atoms with van der Waals surface area (Å²) in [7, 11) is 1.59. The van der Waals surface area contributed by atoms with E-state index in [9.17, 15) is 0 Å². The van der Waals surface area contributed by atoms with Gasteiger partial charge in [0.25, 0.3) is 0 Å². The molecule has 0 aliphatic carbocycles. The Bertz CT molecular complexity index is 496. The molecule has 0 amide bonds. The van der Waals surface area contributed by atoms with Crippen molar-refractivity contribution in [2.45, 2.75) is 6.92 Å². The van der Waals surface area contributed by atoms with Crippen molar-refractivity contribution in [1.82, 2.24) is 15.0 Å². The van der Waals surface area contributed by atoms with Gasteiger partial charge in [0, 0.05) is 17.8 Å². The predicted molar refractivity (Wildman–Crippen MR) is 64.3 cm³/mol. The summed E-state index contributed by atoms with van der Waals surface area (Å²) in [6.07, 6.45) is 1.69. The average Bonchev–Trinajstić information content (AvgIpc) is 2.28. The molecule has 0 saturated carbocycles. The smallest absolute Gasteiger partial charge is 0.213 e. The minimum absolute atomic E-state index is 0.574. The van der Waals surface area contributed by atoms with Gasteiger partial charge in [-0.3, -0.25) is 0 Å². The molecule has 0 aliphatic rings. The standard InChI is InChI=1S/C11H10BrN3O/c1-7-14-9(6-10(12)15-7)8-3-4-13-11(5-8)16-2/h3-6H,1-2H3. The van der Waals surface area contributed by atoms with Crippen molar-refractivity contribution in [3.05, 3.63) is 34.8 Å². The number of halogens is 1. The van der Waals surface area contributed by atoms with E-state index in [1.807, 2.05) is 25.1 Å². The zero-order valence-electron chi connectivity index (χ0n) is 8.94. The molecule has 5 heteroatoms. The maximum absolute atomic E-state index is 5.07. The van der Waals surface area contributed by atoms with Crippen LogP contribution >= 0.6 is 15.9 Å². The van der Waals surface area contributed by atoms with Crippen molar-refractivity contribution < 1.29 is 4.74 Å². The van der Waals surface area contributed by atoms with Crippen LogP contribution in [0.3, 0.4) is 0 Å². The lowest BCUT2D eigenvalue weighted by molar-refractivity contribution is 0.398. The Kier molecular flexibility index (Phi) is 3.14. The Labute approximate surface area is 102 Å². The second kappa shape index (κ2) is 4.57. The van der Waals surface area contributed by atoms with Crippen molar-refractivity contribution in [1.29, 1.82) is 0 Å². The summed E-state index contributed by atoms with van der Waals surface area (Å²) in [5.41, 5.74) is 1.80. The number of nitrogens with zero attached hydrogens (tertiary/aromatic N) is 3. The molecular formula is C11H10BrN3O. The topological polar surface area (TPSA) is 47.9 Å². The normalized spacial score (nSPS) is 10.2. The van der Waals surface area contributed by atoms with Gasteiger partial charge in [-0.15, -0.1) is 0 Å². The van der Waals surface area contributed by atoms with E-state index in [1.54, 1.807) is 13.3 Å². The van der Waals surface area contributed by atoms with Crippen LogP contribution in [0.1, 0.15) is 5.82 Å². The first kappa shape index (κ1) is 11.0. The van der Waals surface area contributed by atoms with Crippen LogP contribution in [-0.2, 0) is 0 Å². The van der Waals surface area contributed by atoms with Gasteiger partial charge in [-0.25, -0.2) is 15.0 Å². The number of methoxy groups -OCH3 is 1. The molecule has 0 N–H and O–H groups in total. The third-order valence-corrected chi connectivity index (χ3v) is 2.45. The summed E-state index contributed by atoms with van der Waals surface area (Å²) in [5.74, 6) is 1.30. The van der Waals surface area contributed by atoms with E-state index in [2.05, 4.69) is 30.9 Å². The molecule has 0 aromatic carbocycles. The Hall–Kier alpha value is -1.49. The van der Waals surface area contributed by atoms with E-state index in [0.29, 0.717) is 5.88 Å². The van der Waals surface area contributed by atoms with Crippen LogP contribution in [0.2, 0.25) is 0 Å². The number of hydrogen-bond acceptors (Lipinski definition) is 4. The van der Waals surface area contributed by atoms with Gasteiger partial charge in [-0.2, -0.15) is 0 Å². The number of aryl methyl sites for hydroxylation is 1. The van der Waals surface area contributed by atoms with Crippen molar-refractivity contribution in [3.63, 3.8) is 0 Å². The molecule has 16 heavy (non-hydrogen) atoms. The fraction of sp³-hybridized carbons (Fsp3) is 0.182. The molecule has 4 nitrogen and oxygen atoms in total. The summed E-state index contributed by atoms with van der Waals surface area (Å²) < 4.78 is 5.84. The van der Waals surface area contributed by atoms with Crippen LogP contribution in [0.5, 0.6) is 5.88 Å². The molecule has 0 saturated heterocycles. The van der Waals surface area contributed by atoms with Gasteiger partial charge >= 0.3 is 0 Å². The minimum atomic E-state index is 0.574. The number of pyridine rings is 1. The van der Waals surface area contributed by atoms with Crippen molar-refractivity contribution in [2.24, 2.45) is 0 Å². The van der Waals surface area contributed by atoms with Crippen molar-refractivity contribution in [2.75, 3.05) is 7.11 Å². The molecular weight excluding hydrogens is 270 g/mol. The molecule has 0 unspecified atom stereocenters. The first-order valence-corrected chi connectivity index (χ1v) is 5.50. The fourth-order valence-corrected chi connectivity index (χ4v) is 1.83. The highest BCUT2D eigenvalue weighted by Crippen LogP contribution is 2.22. The molecule has 0 aliphatic heterocycles. The number of ether oxygens (including phenoxy) is 1. The first-order chi connectivity index (χ1) is 7.69. The van der Waals surface area contributed by atoms with E-state index in [-0.39, 0.29) is 0 Å². The van der Waals surface area contributed by atoms with Gasteiger partial charge in [0.1, 0.15) is 10.4 Å². The van der Waals surface area contributed by atoms with Crippen LogP contribution in [0.25, 0.3) is 11.3 Å². The molecule has 0 atom stereocenters. The quantitative estimate of drug-likeness (QED) is 0.793. The summed E-state index contributed by atoms with van der Waals surface area (Å²) in [4.78, 5) is 12.6. The Morgan fingerprint density at radius 1 is 1.25 bits per heavy atom. The van der Waals surface area contributed by atoms with Gasteiger partial charge in [-0.05, 0) is 35.0 Å². The van der Waals surface area contributed by atoms with Crippen molar-refractivity contribution in [3.8, 4) is 17.1 Å². The zero-order valence-corrected chi connectivity index (χ0v) is 10.5. The Balaban J connectivity index is 2.49. The monoisotopic (exact) mass is 279 g/mol. The van der Waals surface area contributed by atoms with Crippen LogP contribution < -0.4 is 4.74 Å². The molecule has 2 rings (SSSR count). The first-order valence-electron chi connectivity index (χ1n) is 4.70. The largest absolute Gasteiger partial charge is 0.481 e. The zero-order chi connectivity index (χ0) is 11.5. The number of aromatic nitrogens is 3. The second-order valence-electron chi connectivity index (χ2n) is 3.21. The van der Waals surface area contributed by atoms with Gasteiger partial charge in [-0.1, -0.05) is 0 Å². The van der Waals surface area contributed by atoms with E-state index in [4.69, 9.17) is 4.74 Å². The van der Waals surface area contributed by atoms with Gasteiger partial charge in [0.2, 0.25) is 5.88 Å². The lowest BCUT2D eigenvalue weighted by Gasteiger charge is -2.04. The van der Waals surface area contributed by atoms with Gasteiger partial charge < -0.3 is 4.74 Å². The molecule has 0 spiro atoms. The van der Waals surface area contributed by atoms with E-state index in [1.165, 1.54) is 0 Å². The van der Waals surface area contributed by atoms with E-state index < -0.39 is 0 Å². The molecule has 82 valence electrons. The fourth-order valence-electron chi connectivity index (χ4n) is 1.36. The number of rotatable bonds is 2. The van der Waals surface area contributed by atoms with Crippen LogP contribution in [0.15, 0.2) is 29.0 Å². The van der Waals surface area contributed by atoms with Crippen LogP contribution in [0.4, 0.5) is 0 Å². The molecule has 2 aromatic heterocycles. The van der Waals surface area contributed by atoms with E-state index >= 15 is 0 Å². The highest BCUT2D eigenvalue weighted by Gasteiger charge is 2.04. The summed E-state index contributed by atoms with van der Waals surface area (Å²) in [5, 5.41) is 0. The SMILES string of the molecule is COc1cc(-c2cc(Br)nc(C)n2)ccn1. The summed E-state index contributed by atoms with van der Waals surface area (Å²) in [6, 6.07) is 5.59. The molecule has 0 bridgehead atoms.